The van der Waals surface area contributed by atoms with Crippen molar-refractivity contribution in [3.63, 3.8) is 0 Å². The first-order valence-electron chi connectivity index (χ1n) is 16.7. The van der Waals surface area contributed by atoms with E-state index in [0.717, 1.165) is 69.6 Å². The number of benzene rings is 1. The molecule has 0 amide bonds. The Kier molecular flexibility index (Phi) is 11.6. The number of piperidine rings is 1. The van der Waals surface area contributed by atoms with Crippen LogP contribution in [-0.2, 0) is 42.1 Å². The third-order valence-corrected chi connectivity index (χ3v) is 9.53. The van der Waals surface area contributed by atoms with E-state index >= 15 is 0 Å². The van der Waals surface area contributed by atoms with E-state index in [9.17, 15) is 4.79 Å². The third-order valence-electron chi connectivity index (χ3n) is 9.53. The normalized spacial score (nSPS) is 17.3. The summed E-state index contributed by atoms with van der Waals surface area (Å²) >= 11 is 0. The van der Waals surface area contributed by atoms with Crippen LogP contribution < -0.4 is 0 Å². The zero-order valence-electron chi connectivity index (χ0n) is 27.2. The molecule has 4 heterocycles. The Bertz CT molecular complexity index is 1260. The number of ether oxygens (including phenoxy) is 1. The molecule has 2 saturated heterocycles. The Labute approximate surface area is 264 Å². The number of rotatable bonds is 16. The number of H-pyrrole nitrogens is 1. The number of carbonyl (C=O) groups excluding carboxylic acids is 1. The number of nitrogens with zero attached hydrogens (tertiary/aromatic N) is 6. The van der Waals surface area contributed by atoms with E-state index in [1.807, 2.05) is 18.6 Å². The van der Waals surface area contributed by atoms with Crippen LogP contribution in [0.15, 0.2) is 49.1 Å². The standard InChI is InChI=1S/C35H53N7O2/c1-29(2)24-39-20-12-35(13-21-39)14-22-40(28-35)18-5-19-42-23-17-38-33(42)27-41(26-32-36-15-16-37-32)25-31-10-8-30(9-11-31)6-4-7-34(43)44-3/h8-11,15-17,23,29H,4-7,12-14,18-22,24-28H2,1-3H3,(H,36,37). The van der Waals surface area contributed by atoms with Gasteiger partial charge in [-0.1, -0.05) is 38.1 Å². The molecule has 1 N–H and O–H groups in total. The molecule has 2 aromatic heterocycles. The van der Waals surface area contributed by atoms with E-state index in [1.54, 1.807) is 0 Å². The molecule has 0 aliphatic carbocycles. The molecule has 0 unspecified atom stereocenters. The maximum Gasteiger partial charge on any atom is 0.305 e. The van der Waals surface area contributed by atoms with Gasteiger partial charge in [-0.05, 0) is 87.2 Å². The highest BCUT2D eigenvalue weighted by molar-refractivity contribution is 5.69. The molecule has 1 aromatic carbocycles. The predicted octanol–water partition coefficient (Wildman–Crippen LogP) is 5.14. The van der Waals surface area contributed by atoms with Crippen LogP contribution >= 0.6 is 0 Å². The third kappa shape index (κ3) is 9.49. The lowest BCUT2D eigenvalue weighted by Gasteiger charge is -2.40. The van der Waals surface area contributed by atoms with Crippen molar-refractivity contribution in [3.05, 3.63) is 71.8 Å². The van der Waals surface area contributed by atoms with Crippen LogP contribution in [0.4, 0.5) is 0 Å². The minimum absolute atomic E-state index is 0.147. The van der Waals surface area contributed by atoms with Crippen LogP contribution in [0.3, 0.4) is 0 Å². The Balaban J connectivity index is 1.11. The molecule has 44 heavy (non-hydrogen) atoms. The highest BCUT2D eigenvalue weighted by atomic mass is 16.5. The Morgan fingerprint density at radius 3 is 2.41 bits per heavy atom. The highest BCUT2D eigenvalue weighted by Crippen LogP contribution is 2.40. The molecular weight excluding hydrogens is 550 g/mol. The first kappa shape index (κ1) is 32.4. The molecule has 0 saturated carbocycles. The molecular formula is C35H53N7O2. The lowest BCUT2D eigenvalue weighted by atomic mass is 9.77. The van der Waals surface area contributed by atoms with Crippen molar-refractivity contribution in [1.29, 1.82) is 0 Å². The minimum atomic E-state index is -0.147. The van der Waals surface area contributed by atoms with Crippen molar-refractivity contribution >= 4 is 5.97 Å². The number of imidazole rings is 2. The number of carbonyl (C=O) groups is 1. The molecule has 0 atom stereocenters. The monoisotopic (exact) mass is 603 g/mol. The summed E-state index contributed by atoms with van der Waals surface area (Å²) in [5.41, 5.74) is 3.05. The number of nitrogens with one attached hydrogen (secondary N) is 1. The molecule has 9 heteroatoms. The van der Waals surface area contributed by atoms with Crippen LogP contribution in [0.25, 0.3) is 0 Å². The number of hydrogen-bond acceptors (Lipinski definition) is 7. The molecule has 2 fully saturated rings. The molecule has 2 aliphatic rings. The second kappa shape index (κ2) is 15.8. The SMILES string of the molecule is COC(=O)CCCc1ccc(CN(Cc2ncc[nH]2)Cc2nccn2CCCN2CCC3(CCN(CC(C)C)CC3)C2)cc1. The number of methoxy groups -OCH3 is 1. The van der Waals surface area contributed by atoms with Crippen molar-refractivity contribution in [2.45, 2.75) is 85.0 Å². The second-order valence-corrected chi connectivity index (χ2v) is 13.5. The van der Waals surface area contributed by atoms with Crippen LogP contribution in [0.1, 0.15) is 75.1 Å². The van der Waals surface area contributed by atoms with Crippen LogP contribution in [-0.4, -0.2) is 86.6 Å². The number of esters is 1. The molecule has 9 nitrogen and oxygen atoms in total. The van der Waals surface area contributed by atoms with Gasteiger partial charge in [0, 0.05) is 57.4 Å². The van der Waals surface area contributed by atoms with Crippen molar-refractivity contribution in [3.8, 4) is 0 Å². The summed E-state index contributed by atoms with van der Waals surface area (Å²) in [5.74, 6) is 2.68. The number of aromatic nitrogens is 4. The van der Waals surface area contributed by atoms with Gasteiger partial charge in [0.15, 0.2) is 0 Å². The maximum atomic E-state index is 11.4. The molecule has 5 rings (SSSR count). The average Bonchev–Trinajstić information content (AvgIpc) is 3.78. The highest BCUT2D eigenvalue weighted by Gasteiger charge is 2.40. The number of aryl methyl sites for hydroxylation is 2. The summed E-state index contributed by atoms with van der Waals surface area (Å²) in [6.07, 6.45) is 15.2. The van der Waals surface area contributed by atoms with Crippen molar-refractivity contribution < 1.29 is 9.53 Å². The van der Waals surface area contributed by atoms with Gasteiger partial charge in [-0.3, -0.25) is 9.69 Å². The van der Waals surface area contributed by atoms with Gasteiger partial charge >= 0.3 is 5.97 Å². The van der Waals surface area contributed by atoms with E-state index in [0.29, 0.717) is 11.8 Å². The maximum absolute atomic E-state index is 11.4. The van der Waals surface area contributed by atoms with Gasteiger partial charge in [-0.2, -0.15) is 0 Å². The molecule has 3 aromatic rings. The molecule has 0 radical (unpaired) electrons. The average molecular weight is 604 g/mol. The minimum Gasteiger partial charge on any atom is -0.469 e. The first-order valence-corrected chi connectivity index (χ1v) is 16.7. The fourth-order valence-electron chi connectivity index (χ4n) is 7.09. The first-order chi connectivity index (χ1) is 21.4. The zero-order valence-corrected chi connectivity index (χ0v) is 27.2. The Hall–Kier alpha value is -3.01. The lowest BCUT2D eigenvalue weighted by Crippen LogP contribution is -2.42. The number of likely N-dealkylation sites (tertiary alicyclic amines) is 2. The zero-order chi connectivity index (χ0) is 30.8. The summed E-state index contributed by atoms with van der Waals surface area (Å²) in [6.45, 7) is 15.5. The van der Waals surface area contributed by atoms with Crippen LogP contribution in [0, 0.1) is 11.3 Å². The van der Waals surface area contributed by atoms with Gasteiger partial charge < -0.3 is 24.1 Å². The number of hydrogen-bond donors (Lipinski definition) is 1. The quantitative estimate of drug-likeness (QED) is 0.227. The smallest absolute Gasteiger partial charge is 0.305 e. The fraction of sp³-hybridized carbons (Fsp3) is 0.629. The van der Waals surface area contributed by atoms with Crippen LogP contribution in [0.2, 0.25) is 0 Å². The summed E-state index contributed by atoms with van der Waals surface area (Å²) in [6, 6.07) is 8.75. The summed E-state index contributed by atoms with van der Waals surface area (Å²) in [4.78, 5) is 31.8. The summed E-state index contributed by atoms with van der Waals surface area (Å²) in [5, 5.41) is 0. The lowest BCUT2D eigenvalue weighted by molar-refractivity contribution is -0.140. The Morgan fingerprint density at radius 1 is 0.955 bits per heavy atom. The fourth-order valence-corrected chi connectivity index (χ4v) is 7.09. The summed E-state index contributed by atoms with van der Waals surface area (Å²) < 4.78 is 7.10. The van der Waals surface area contributed by atoms with Gasteiger partial charge in [0.25, 0.3) is 0 Å². The van der Waals surface area contributed by atoms with Crippen LogP contribution in [0.5, 0.6) is 0 Å². The van der Waals surface area contributed by atoms with Gasteiger partial charge in [-0.25, -0.2) is 9.97 Å². The van der Waals surface area contributed by atoms with Crippen molar-refractivity contribution in [1.82, 2.24) is 34.2 Å². The van der Waals surface area contributed by atoms with Gasteiger partial charge in [-0.15, -0.1) is 0 Å². The second-order valence-electron chi connectivity index (χ2n) is 13.5. The topological polar surface area (TPSA) is 82.5 Å². The van der Waals surface area contributed by atoms with Gasteiger partial charge in [0.05, 0.1) is 20.2 Å². The van der Waals surface area contributed by atoms with E-state index in [1.165, 1.54) is 70.2 Å². The number of aromatic amines is 1. The van der Waals surface area contributed by atoms with Gasteiger partial charge in [0.1, 0.15) is 11.6 Å². The molecule has 1 spiro atoms. The van der Waals surface area contributed by atoms with E-state index < -0.39 is 0 Å². The largest absolute Gasteiger partial charge is 0.469 e. The van der Waals surface area contributed by atoms with E-state index in [4.69, 9.17) is 9.72 Å². The van der Waals surface area contributed by atoms with Gasteiger partial charge in [0.2, 0.25) is 0 Å². The predicted molar refractivity (Wildman–Crippen MR) is 174 cm³/mol. The molecule has 2 aliphatic heterocycles. The van der Waals surface area contributed by atoms with E-state index in [-0.39, 0.29) is 5.97 Å². The Morgan fingerprint density at radius 2 is 1.70 bits per heavy atom. The summed E-state index contributed by atoms with van der Waals surface area (Å²) in [7, 11) is 1.44. The molecule has 240 valence electrons. The molecule has 0 bridgehead atoms. The van der Waals surface area contributed by atoms with E-state index in [2.05, 4.69) is 73.5 Å². The van der Waals surface area contributed by atoms with Crippen molar-refractivity contribution in [2.75, 3.05) is 46.4 Å². The van der Waals surface area contributed by atoms with Crippen molar-refractivity contribution in [2.24, 2.45) is 11.3 Å².